The maximum Gasteiger partial charge on any atom is 0.414 e. The summed E-state index contributed by atoms with van der Waals surface area (Å²) in [4.78, 5) is 16.2. The van der Waals surface area contributed by atoms with E-state index in [1.54, 1.807) is 18.2 Å². The minimum Gasteiger partial charge on any atom is -0.487 e. The van der Waals surface area contributed by atoms with Crippen molar-refractivity contribution in [1.82, 2.24) is 4.90 Å². The number of carboxylic acid groups (broad SMARTS) is 1. The van der Waals surface area contributed by atoms with Crippen molar-refractivity contribution in [1.29, 1.82) is 0 Å². The number of amides is 1. The molecule has 8 heteroatoms. The smallest absolute Gasteiger partial charge is 0.414 e. The van der Waals surface area contributed by atoms with Crippen molar-refractivity contribution in [2.75, 3.05) is 12.0 Å². The number of hydrogen-bond donors (Lipinski definition) is 3. The number of nitrogens with two attached hydrogens (primary N) is 1. The number of benzene rings is 2. The lowest BCUT2D eigenvalue weighted by Crippen LogP contribution is -2.37. The van der Waals surface area contributed by atoms with Gasteiger partial charge in [0, 0.05) is 11.8 Å². The summed E-state index contributed by atoms with van der Waals surface area (Å²) in [6, 6.07) is 14.9. The number of rotatable bonds is 5. The molecule has 2 aromatic rings. The van der Waals surface area contributed by atoms with Crippen molar-refractivity contribution in [3.8, 4) is 5.75 Å². The molecule has 0 spiro atoms. The van der Waals surface area contributed by atoms with Crippen LogP contribution in [0.1, 0.15) is 5.56 Å². The van der Waals surface area contributed by atoms with E-state index in [0.29, 0.717) is 28.9 Å². The number of amidine groups is 1. The van der Waals surface area contributed by atoms with E-state index in [0.717, 1.165) is 10.5 Å². The molecule has 0 saturated carbocycles. The molecule has 0 aromatic heterocycles. The Morgan fingerprint density at radius 1 is 1.31 bits per heavy atom. The summed E-state index contributed by atoms with van der Waals surface area (Å²) >= 11 is 6.28. The van der Waals surface area contributed by atoms with Gasteiger partial charge < -0.3 is 20.9 Å². The lowest BCUT2D eigenvalue weighted by molar-refractivity contribution is 0.160. The number of halogens is 1. The molecular weight excluding hydrogens is 356 g/mol. The third kappa shape index (κ3) is 4.25. The minimum atomic E-state index is -1.13. The first-order valence-electron chi connectivity index (χ1n) is 7.78. The number of aliphatic imine (C=N–C) groups is 1. The SMILES string of the molecule is NC1=NCN(C(=O)O)C(Nc2ccc(OCc3ccccc3)c(Cl)c2)=C1. The number of hydrogen-bond acceptors (Lipinski definition) is 5. The van der Waals surface area contributed by atoms with Gasteiger partial charge in [0.2, 0.25) is 0 Å². The number of ether oxygens (including phenoxy) is 1. The fraction of sp³-hybridized carbons (Fsp3) is 0.111. The number of anilines is 1. The van der Waals surface area contributed by atoms with Crippen LogP contribution in [0.4, 0.5) is 10.5 Å². The second-order valence-corrected chi connectivity index (χ2v) is 5.92. The van der Waals surface area contributed by atoms with Crippen LogP contribution in [0.25, 0.3) is 0 Å². The number of nitrogens with one attached hydrogen (secondary N) is 1. The van der Waals surface area contributed by atoms with E-state index >= 15 is 0 Å². The first-order chi connectivity index (χ1) is 12.5. The first-order valence-corrected chi connectivity index (χ1v) is 8.16. The van der Waals surface area contributed by atoms with E-state index in [1.807, 2.05) is 30.3 Å². The van der Waals surface area contributed by atoms with Gasteiger partial charge in [0.05, 0.1) is 5.02 Å². The van der Waals surface area contributed by atoms with Crippen LogP contribution in [-0.2, 0) is 6.61 Å². The monoisotopic (exact) mass is 372 g/mol. The summed E-state index contributed by atoms with van der Waals surface area (Å²) < 4.78 is 5.73. The van der Waals surface area contributed by atoms with Gasteiger partial charge in [-0.2, -0.15) is 0 Å². The Labute approximate surface area is 155 Å². The molecule has 26 heavy (non-hydrogen) atoms. The van der Waals surface area contributed by atoms with Gasteiger partial charge in [-0.1, -0.05) is 41.9 Å². The molecule has 0 aliphatic carbocycles. The predicted octanol–water partition coefficient (Wildman–Crippen LogP) is 3.48. The molecule has 1 aliphatic heterocycles. The Kier molecular flexibility index (Phi) is 5.28. The van der Waals surface area contributed by atoms with Crippen LogP contribution in [0, 0.1) is 0 Å². The Hall–Kier alpha value is -3.19. The van der Waals surface area contributed by atoms with E-state index in [4.69, 9.17) is 22.1 Å². The van der Waals surface area contributed by atoms with E-state index in [9.17, 15) is 9.90 Å². The summed E-state index contributed by atoms with van der Waals surface area (Å²) in [5.74, 6) is 1.09. The number of nitrogens with zero attached hydrogens (tertiary/aromatic N) is 2. The van der Waals surface area contributed by atoms with Crippen molar-refractivity contribution >= 4 is 29.2 Å². The maximum atomic E-state index is 11.3. The highest BCUT2D eigenvalue weighted by molar-refractivity contribution is 6.32. The number of carbonyl (C=O) groups is 1. The summed E-state index contributed by atoms with van der Waals surface area (Å²) in [5, 5.41) is 12.6. The second-order valence-electron chi connectivity index (χ2n) is 5.51. The van der Waals surface area contributed by atoms with Crippen LogP contribution in [0.5, 0.6) is 5.75 Å². The van der Waals surface area contributed by atoms with Crippen molar-refractivity contribution in [3.05, 3.63) is 71.0 Å². The van der Waals surface area contributed by atoms with E-state index in [2.05, 4.69) is 10.3 Å². The van der Waals surface area contributed by atoms with Gasteiger partial charge in [-0.3, -0.25) is 0 Å². The summed E-state index contributed by atoms with van der Waals surface area (Å²) in [6.45, 7) is 0.338. The highest BCUT2D eigenvalue weighted by atomic mass is 35.5. The molecule has 0 saturated heterocycles. The molecule has 7 nitrogen and oxygen atoms in total. The van der Waals surface area contributed by atoms with Crippen LogP contribution in [0.2, 0.25) is 5.02 Å². The molecule has 1 amide bonds. The van der Waals surface area contributed by atoms with Crippen LogP contribution in [0.3, 0.4) is 0 Å². The van der Waals surface area contributed by atoms with Gasteiger partial charge in [-0.05, 0) is 23.8 Å². The fourth-order valence-corrected chi connectivity index (χ4v) is 2.57. The van der Waals surface area contributed by atoms with E-state index in [-0.39, 0.29) is 12.5 Å². The minimum absolute atomic E-state index is 0.0635. The second kappa shape index (κ2) is 7.79. The van der Waals surface area contributed by atoms with Crippen molar-refractivity contribution in [3.63, 3.8) is 0 Å². The Balaban J connectivity index is 1.71. The molecule has 4 N–H and O–H groups in total. The zero-order valence-corrected chi connectivity index (χ0v) is 14.5. The molecule has 1 aliphatic rings. The predicted molar refractivity (Wildman–Crippen MR) is 100 cm³/mol. The fourth-order valence-electron chi connectivity index (χ4n) is 2.34. The molecule has 1 heterocycles. The van der Waals surface area contributed by atoms with Gasteiger partial charge in [-0.25, -0.2) is 14.7 Å². The standard InChI is InChI=1S/C18H17ClN4O3/c19-14-8-13(22-17-9-16(20)21-11-23(17)18(24)25)6-7-15(14)26-10-12-4-2-1-3-5-12/h1-9,22H,10-11H2,(H2,20,21)(H,24,25). The van der Waals surface area contributed by atoms with Crippen molar-refractivity contribution < 1.29 is 14.6 Å². The molecule has 2 aromatic carbocycles. The zero-order valence-electron chi connectivity index (χ0n) is 13.7. The maximum absolute atomic E-state index is 11.3. The summed E-state index contributed by atoms with van der Waals surface area (Å²) in [5.41, 5.74) is 7.30. The van der Waals surface area contributed by atoms with E-state index in [1.165, 1.54) is 6.08 Å². The van der Waals surface area contributed by atoms with Crippen LogP contribution in [-0.4, -0.2) is 28.6 Å². The molecule has 3 rings (SSSR count). The highest BCUT2D eigenvalue weighted by Crippen LogP contribution is 2.29. The first kappa shape index (κ1) is 17.6. The average molecular weight is 373 g/mol. The molecule has 134 valence electrons. The molecule has 0 atom stereocenters. The Morgan fingerprint density at radius 3 is 2.77 bits per heavy atom. The zero-order chi connectivity index (χ0) is 18.5. The van der Waals surface area contributed by atoms with Gasteiger partial charge in [0.25, 0.3) is 0 Å². The van der Waals surface area contributed by atoms with Gasteiger partial charge in [0.15, 0.2) is 0 Å². The van der Waals surface area contributed by atoms with Gasteiger partial charge >= 0.3 is 6.09 Å². The highest BCUT2D eigenvalue weighted by Gasteiger charge is 2.20. The molecule has 0 radical (unpaired) electrons. The molecular formula is C18H17ClN4O3. The summed E-state index contributed by atoms with van der Waals surface area (Å²) in [7, 11) is 0. The Bertz CT molecular complexity index is 868. The van der Waals surface area contributed by atoms with Gasteiger partial charge in [-0.15, -0.1) is 0 Å². The largest absolute Gasteiger partial charge is 0.487 e. The molecule has 0 bridgehead atoms. The third-order valence-corrected chi connectivity index (χ3v) is 3.94. The quantitative estimate of drug-likeness (QED) is 0.746. The van der Waals surface area contributed by atoms with Gasteiger partial charge in [0.1, 0.15) is 30.7 Å². The Morgan fingerprint density at radius 2 is 2.08 bits per heavy atom. The molecule has 0 fully saturated rings. The lowest BCUT2D eigenvalue weighted by Gasteiger charge is -2.24. The van der Waals surface area contributed by atoms with Crippen molar-refractivity contribution in [2.24, 2.45) is 10.7 Å². The third-order valence-electron chi connectivity index (χ3n) is 3.64. The summed E-state index contributed by atoms with van der Waals surface area (Å²) in [6.07, 6.45) is 0.319. The lowest BCUT2D eigenvalue weighted by atomic mass is 10.2. The topological polar surface area (TPSA) is 100 Å². The van der Waals surface area contributed by atoms with E-state index < -0.39 is 6.09 Å². The average Bonchev–Trinajstić information content (AvgIpc) is 2.62. The van der Waals surface area contributed by atoms with Crippen LogP contribution >= 0.6 is 11.6 Å². The van der Waals surface area contributed by atoms with Crippen molar-refractivity contribution in [2.45, 2.75) is 6.61 Å². The van der Waals surface area contributed by atoms with Crippen LogP contribution in [0.15, 0.2) is 65.4 Å². The molecule has 0 unspecified atom stereocenters. The van der Waals surface area contributed by atoms with Crippen LogP contribution < -0.4 is 15.8 Å². The normalized spacial score (nSPS) is 13.7.